The lowest BCUT2D eigenvalue weighted by Crippen LogP contribution is -2.47. The first-order valence-corrected chi connectivity index (χ1v) is 35.4. The molecule has 0 heterocycles. The number of phosphoric ester groups is 1. The summed E-state index contributed by atoms with van der Waals surface area (Å²) in [5.74, 6) is -0.542. The fourth-order valence-corrected chi connectivity index (χ4v) is 10.7. The van der Waals surface area contributed by atoms with Gasteiger partial charge in [-0.3, -0.25) is 14.2 Å². The van der Waals surface area contributed by atoms with E-state index >= 15 is 0 Å². The Kier molecular flexibility index (Phi) is 57.6. The van der Waals surface area contributed by atoms with Crippen molar-refractivity contribution in [1.82, 2.24) is 5.32 Å². The van der Waals surface area contributed by atoms with Gasteiger partial charge in [-0.1, -0.05) is 294 Å². The summed E-state index contributed by atoms with van der Waals surface area (Å²) in [5.41, 5.74) is 0. The molecule has 0 aromatic carbocycles. The van der Waals surface area contributed by atoms with Crippen molar-refractivity contribution < 1.29 is 37.3 Å². The van der Waals surface area contributed by atoms with E-state index in [-0.39, 0.29) is 31.5 Å². The van der Waals surface area contributed by atoms with Gasteiger partial charge in [-0.25, -0.2) is 0 Å². The molecule has 0 aromatic heterocycles. The number of phosphoric acid groups is 1. The molecule has 0 rings (SSSR count). The number of unbranched alkanes of at least 4 members (excludes halogenated alkanes) is 40. The zero-order valence-corrected chi connectivity index (χ0v) is 54.0. The molecule has 1 amide bonds. The minimum absolute atomic E-state index is 0.0233. The number of carbonyl (C=O) groups is 2. The molecule has 0 aliphatic rings. The molecule has 3 unspecified atom stereocenters. The van der Waals surface area contributed by atoms with Crippen molar-refractivity contribution in [2.45, 2.75) is 341 Å². The molecule has 0 saturated carbocycles. The molecular weight excluding hydrogens is 1000 g/mol. The van der Waals surface area contributed by atoms with Crippen molar-refractivity contribution >= 4 is 19.7 Å². The molecule has 0 bridgehead atoms. The smallest absolute Gasteiger partial charge is 0.306 e. The summed E-state index contributed by atoms with van der Waals surface area (Å²) >= 11 is 0. The SMILES string of the molecule is CCCCC/C=C\C/C=C\C/C=C\CCCCCCCCC(=O)OC(/C=C/CCCCCCCCCCC)C(COP(=O)([O-])OCC[N+](C)(C)C)NC(=O)CCCCCCCCCCCCCCCCCCCCCCCCC. The van der Waals surface area contributed by atoms with E-state index < -0.39 is 20.0 Å². The summed E-state index contributed by atoms with van der Waals surface area (Å²) < 4.78 is 30.4. The van der Waals surface area contributed by atoms with E-state index in [1.807, 2.05) is 33.3 Å². The van der Waals surface area contributed by atoms with E-state index in [0.717, 1.165) is 83.5 Å². The number of rotatable bonds is 62. The van der Waals surface area contributed by atoms with Crippen LogP contribution in [0, 0.1) is 0 Å². The number of amides is 1. The van der Waals surface area contributed by atoms with Crippen LogP contribution in [0.2, 0.25) is 0 Å². The van der Waals surface area contributed by atoms with Gasteiger partial charge < -0.3 is 28.5 Å². The number of nitrogens with zero attached hydrogens (tertiary/aromatic N) is 1. The van der Waals surface area contributed by atoms with Crippen LogP contribution in [0.1, 0.15) is 329 Å². The standard InChI is InChI=1S/C69H131N2O7P/c1-7-10-13-16-19-22-25-27-29-31-33-34-35-36-38-39-41-43-46-49-52-55-58-61-68(72)70-66(65-77-79(74,75)76-64-63-71(4,5)6)67(60-57-54-51-48-45-24-21-18-15-12-9-3)78-69(73)62-59-56-53-50-47-44-42-40-37-32-30-28-26-23-20-17-14-11-8-2/h20,23,28,30,37,40,57,60,66-67H,7-19,21-22,24-27,29,31-36,38-39,41-56,58-59,61-65H2,1-6H3,(H-,70,72,74,75)/b23-20-,30-28-,40-37-,60-57+. The Morgan fingerprint density at radius 1 is 0.443 bits per heavy atom. The third-order valence-electron chi connectivity index (χ3n) is 15.3. The van der Waals surface area contributed by atoms with E-state index in [2.05, 4.69) is 62.5 Å². The summed E-state index contributed by atoms with van der Waals surface area (Å²) in [6.45, 7) is 6.84. The number of allylic oxidation sites excluding steroid dienone is 7. The fraction of sp³-hybridized carbons (Fsp3) is 0.855. The third-order valence-corrected chi connectivity index (χ3v) is 16.2. The Balaban J connectivity index is 5.08. The van der Waals surface area contributed by atoms with Crippen molar-refractivity contribution in [3.05, 3.63) is 48.6 Å². The van der Waals surface area contributed by atoms with Crippen molar-refractivity contribution in [2.24, 2.45) is 0 Å². The lowest BCUT2D eigenvalue weighted by molar-refractivity contribution is -0.870. The van der Waals surface area contributed by atoms with Crippen LogP contribution < -0.4 is 10.2 Å². The van der Waals surface area contributed by atoms with Crippen LogP contribution in [-0.2, 0) is 27.9 Å². The van der Waals surface area contributed by atoms with Gasteiger partial charge >= 0.3 is 5.97 Å². The third kappa shape index (κ3) is 60.4. The molecule has 0 aliphatic carbocycles. The molecule has 1 N–H and O–H groups in total. The first-order valence-electron chi connectivity index (χ1n) is 33.9. The highest BCUT2D eigenvalue weighted by atomic mass is 31.2. The monoisotopic (exact) mass is 1130 g/mol. The first kappa shape index (κ1) is 77.0. The second-order valence-electron chi connectivity index (χ2n) is 24.3. The molecule has 464 valence electrons. The summed E-state index contributed by atoms with van der Waals surface area (Å²) in [6.07, 6.45) is 73.7. The Morgan fingerprint density at radius 3 is 1.18 bits per heavy atom. The Labute approximate surface area is 490 Å². The van der Waals surface area contributed by atoms with Gasteiger partial charge in [0.05, 0.1) is 33.8 Å². The highest BCUT2D eigenvalue weighted by Crippen LogP contribution is 2.38. The number of esters is 1. The van der Waals surface area contributed by atoms with Gasteiger partial charge in [-0.05, 0) is 70.3 Å². The van der Waals surface area contributed by atoms with Crippen LogP contribution in [0.15, 0.2) is 48.6 Å². The van der Waals surface area contributed by atoms with Gasteiger partial charge in [0.15, 0.2) is 0 Å². The van der Waals surface area contributed by atoms with E-state index in [1.54, 1.807) is 0 Å². The molecule has 0 spiro atoms. The molecule has 0 fully saturated rings. The summed E-state index contributed by atoms with van der Waals surface area (Å²) in [4.78, 5) is 40.1. The Hall–Kier alpha value is -2.03. The molecule has 0 aromatic rings. The quantitative estimate of drug-likeness (QED) is 0.0212. The topological polar surface area (TPSA) is 114 Å². The van der Waals surface area contributed by atoms with E-state index in [1.165, 1.54) is 212 Å². The maximum absolute atomic E-state index is 13.6. The molecular formula is C69H131N2O7P. The average molecular weight is 1130 g/mol. The maximum atomic E-state index is 13.6. The highest BCUT2D eigenvalue weighted by Gasteiger charge is 2.27. The summed E-state index contributed by atoms with van der Waals surface area (Å²) in [5, 5.41) is 3.04. The second kappa shape index (κ2) is 59.1. The molecule has 0 saturated heterocycles. The van der Waals surface area contributed by atoms with Gasteiger partial charge in [-0.15, -0.1) is 0 Å². The van der Waals surface area contributed by atoms with Gasteiger partial charge in [0.1, 0.15) is 19.3 Å². The Morgan fingerprint density at radius 2 is 0.772 bits per heavy atom. The van der Waals surface area contributed by atoms with Crippen LogP contribution in [0.4, 0.5) is 0 Å². The maximum Gasteiger partial charge on any atom is 0.306 e. The predicted molar refractivity (Wildman–Crippen MR) is 339 cm³/mol. The van der Waals surface area contributed by atoms with Crippen LogP contribution in [0.3, 0.4) is 0 Å². The summed E-state index contributed by atoms with van der Waals surface area (Å²) in [7, 11) is 1.19. The molecule has 0 aliphatic heterocycles. The fourth-order valence-electron chi connectivity index (χ4n) is 10.0. The van der Waals surface area contributed by atoms with Crippen LogP contribution in [-0.4, -0.2) is 69.4 Å². The second-order valence-corrected chi connectivity index (χ2v) is 25.7. The summed E-state index contributed by atoms with van der Waals surface area (Å²) in [6, 6.07) is -0.892. The molecule has 9 nitrogen and oxygen atoms in total. The van der Waals surface area contributed by atoms with E-state index in [0.29, 0.717) is 17.4 Å². The van der Waals surface area contributed by atoms with Crippen LogP contribution >= 0.6 is 7.82 Å². The number of carbonyl (C=O) groups excluding carboxylic acids is 2. The predicted octanol–water partition coefficient (Wildman–Crippen LogP) is 20.6. The zero-order chi connectivity index (χ0) is 57.9. The lowest BCUT2D eigenvalue weighted by Gasteiger charge is -2.30. The number of nitrogens with one attached hydrogen (secondary N) is 1. The van der Waals surface area contributed by atoms with Gasteiger partial charge in [0.2, 0.25) is 5.91 Å². The number of hydrogen-bond donors (Lipinski definition) is 1. The largest absolute Gasteiger partial charge is 0.756 e. The number of hydrogen-bond acceptors (Lipinski definition) is 7. The van der Waals surface area contributed by atoms with Crippen LogP contribution in [0.25, 0.3) is 0 Å². The minimum atomic E-state index is -4.70. The van der Waals surface area contributed by atoms with Crippen molar-refractivity contribution in [2.75, 3.05) is 40.9 Å². The lowest BCUT2D eigenvalue weighted by atomic mass is 10.0. The normalized spacial score (nSPS) is 13.9. The average Bonchev–Trinajstić information content (AvgIpc) is 3.41. The van der Waals surface area contributed by atoms with Crippen molar-refractivity contribution in [1.29, 1.82) is 0 Å². The number of ether oxygens (including phenoxy) is 1. The highest BCUT2D eigenvalue weighted by molar-refractivity contribution is 7.45. The minimum Gasteiger partial charge on any atom is -0.756 e. The van der Waals surface area contributed by atoms with Crippen LogP contribution in [0.5, 0.6) is 0 Å². The van der Waals surface area contributed by atoms with Gasteiger partial charge in [0.25, 0.3) is 7.82 Å². The number of likely N-dealkylation sites (N-methyl/N-ethyl adjacent to an activating group) is 1. The van der Waals surface area contributed by atoms with Gasteiger partial charge in [-0.2, -0.15) is 0 Å². The zero-order valence-electron chi connectivity index (χ0n) is 53.1. The van der Waals surface area contributed by atoms with Crippen molar-refractivity contribution in [3.63, 3.8) is 0 Å². The van der Waals surface area contributed by atoms with E-state index in [4.69, 9.17) is 13.8 Å². The van der Waals surface area contributed by atoms with Gasteiger partial charge in [0, 0.05) is 12.8 Å². The van der Waals surface area contributed by atoms with Crippen molar-refractivity contribution in [3.8, 4) is 0 Å². The molecule has 0 radical (unpaired) electrons. The molecule has 3 atom stereocenters. The molecule has 79 heavy (non-hydrogen) atoms. The first-order chi connectivity index (χ1) is 38.4. The number of quaternary nitrogens is 1. The Bertz CT molecular complexity index is 1490. The molecule has 10 heteroatoms. The van der Waals surface area contributed by atoms with E-state index in [9.17, 15) is 19.0 Å².